The molecule has 5 nitrogen and oxygen atoms in total. The van der Waals surface area contributed by atoms with Crippen molar-refractivity contribution >= 4 is 5.91 Å². The maximum atomic E-state index is 13.4. The molecule has 37 heavy (non-hydrogen) atoms. The SMILES string of the molecule is Cn1cc(CN2CCN(C(=O)c3cc(C(F)(F)F)cc(C(F)(F)F)c3)[C@H](Cc3ccc(F)cc3)C2)cn1. The van der Waals surface area contributed by atoms with E-state index in [0.717, 1.165) is 5.56 Å². The summed E-state index contributed by atoms with van der Waals surface area (Å²) in [6.45, 7) is 1.24. The summed E-state index contributed by atoms with van der Waals surface area (Å²) in [5, 5.41) is 4.12. The Hall–Kier alpha value is -3.41. The van der Waals surface area contributed by atoms with Gasteiger partial charge in [-0.15, -0.1) is 0 Å². The Morgan fingerprint density at radius 2 is 1.57 bits per heavy atom. The largest absolute Gasteiger partial charge is 0.416 e. The number of aryl methyl sites for hydroxylation is 1. The Morgan fingerprint density at radius 3 is 2.11 bits per heavy atom. The highest BCUT2D eigenvalue weighted by molar-refractivity contribution is 5.95. The van der Waals surface area contributed by atoms with Gasteiger partial charge in [-0.25, -0.2) is 4.39 Å². The van der Waals surface area contributed by atoms with Gasteiger partial charge in [-0.3, -0.25) is 14.4 Å². The van der Waals surface area contributed by atoms with Gasteiger partial charge in [0.2, 0.25) is 0 Å². The van der Waals surface area contributed by atoms with E-state index in [2.05, 4.69) is 5.10 Å². The van der Waals surface area contributed by atoms with Gasteiger partial charge in [0.05, 0.1) is 17.3 Å². The number of amides is 1. The zero-order chi connectivity index (χ0) is 27.0. The fourth-order valence-electron chi connectivity index (χ4n) is 4.45. The molecular formula is C25H23F7N4O. The number of nitrogens with zero attached hydrogens (tertiary/aromatic N) is 4. The van der Waals surface area contributed by atoms with Gasteiger partial charge in [-0.2, -0.15) is 31.4 Å². The van der Waals surface area contributed by atoms with Crippen LogP contribution >= 0.6 is 0 Å². The van der Waals surface area contributed by atoms with Crippen molar-refractivity contribution < 1.29 is 35.5 Å². The first-order valence-corrected chi connectivity index (χ1v) is 11.3. The number of benzene rings is 2. The van der Waals surface area contributed by atoms with Gasteiger partial charge in [0, 0.05) is 56.6 Å². The molecule has 1 saturated heterocycles. The third-order valence-electron chi connectivity index (χ3n) is 6.21. The monoisotopic (exact) mass is 528 g/mol. The van der Waals surface area contributed by atoms with E-state index in [1.54, 1.807) is 17.9 Å². The predicted molar refractivity (Wildman–Crippen MR) is 120 cm³/mol. The van der Waals surface area contributed by atoms with E-state index in [0.29, 0.717) is 37.3 Å². The standard InChI is InChI=1S/C25H23F7N4O/c1-34-13-17(12-33-34)14-35-6-7-36(22(15-35)8-16-2-4-21(26)5-3-16)23(37)18-9-19(24(27,28)29)11-20(10-18)25(30,31)32/h2-5,9-13,22H,6-8,14-15H2,1H3/t22-/m1/s1. The smallest absolute Gasteiger partial charge is 0.333 e. The Morgan fingerprint density at radius 1 is 0.946 bits per heavy atom. The van der Waals surface area contributed by atoms with Crippen molar-refractivity contribution in [3.8, 4) is 0 Å². The van der Waals surface area contributed by atoms with E-state index in [1.165, 1.54) is 29.2 Å². The summed E-state index contributed by atoms with van der Waals surface area (Å²) in [6.07, 6.45) is -6.37. The second-order valence-electron chi connectivity index (χ2n) is 9.03. The molecule has 3 aromatic rings. The number of carbonyl (C=O) groups excluding carboxylic acids is 1. The lowest BCUT2D eigenvalue weighted by Gasteiger charge is -2.41. The summed E-state index contributed by atoms with van der Waals surface area (Å²) in [5.41, 5.74) is -2.19. The van der Waals surface area contributed by atoms with Gasteiger partial charge in [0.25, 0.3) is 5.91 Å². The number of aromatic nitrogens is 2. The molecular weight excluding hydrogens is 505 g/mol. The van der Waals surface area contributed by atoms with Crippen LogP contribution in [0, 0.1) is 5.82 Å². The summed E-state index contributed by atoms with van der Waals surface area (Å²) >= 11 is 0. The molecule has 0 spiro atoms. The lowest BCUT2D eigenvalue weighted by Crippen LogP contribution is -2.55. The van der Waals surface area contributed by atoms with Crippen LogP contribution in [0.4, 0.5) is 30.7 Å². The number of piperazine rings is 1. The van der Waals surface area contributed by atoms with Crippen LogP contribution in [0.1, 0.15) is 32.6 Å². The Kier molecular flexibility index (Phi) is 7.31. The van der Waals surface area contributed by atoms with Crippen LogP contribution in [0.25, 0.3) is 0 Å². The van der Waals surface area contributed by atoms with E-state index in [9.17, 15) is 35.5 Å². The molecule has 0 saturated carbocycles. The Labute approximate surface area is 208 Å². The van der Waals surface area contributed by atoms with Crippen LogP contribution in [0.3, 0.4) is 0 Å². The van der Waals surface area contributed by atoms with E-state index >= 15 is 0 Å². The first-order chi connectivity index (χ1) is 17.3. The lowest BCUT2D eigenvalue weighted by atomic mass is 9.99. The molecule has 1 aliphatic heterocycles. The molecule has 1 fully saturated rings. The zero-order valence-electron chi connectivity index (χ0n) is 19.7. The van der Waals surface area contributed by atoms with Crippen molar-refractivity contribution in [1.29, 1.82) is 0 Å². The first-order valence-electron chi connectivity index (χ1n) is 11.3. The minimum absolute atomic E-state index is 0.00138. The normalized spacial score (nSPS) is 17.3. The second-order valence-corrected chi connectivity index (χ2v) is 9.03. The van der Waals surface area contributed by atoms with Crippen LogP contribution in [-0.2, 0) is 32.4 Å². The van der Waals surface area contributed by atoms with Crippen LogP contribution in [0.2, 0.25) is 0 Å². The highest BCUT2D eigenvalue weighted by Gasteiger charge is 2.39. The van der Waals surface area contributed by atoms with E-state index in [-0.39, 0.29) is 19.0 Å². The van der Waals surface area contributed by atoms with Gasteiger partial charge >= 0.3 is 12.4 Å². The molecule has 1 atom stereocenters. The molecule has 0 aliphatic carbocycles. The third kappa shape index (κ3) is 6.48. The minimum Gasteiger partial charge on any atom is -0.333 e. The maximum Gasteiger partial charge on any atom is 0.416 e. The number of hydrogen-bond donors (Lipinski definition) is 0. The van der Waals surface area contributed by atoms with Gasteiger partial charge in [-0.05, 0) is 42.3 Å². The first kappa shape index (κ1) is 26.6. The summed E-state index contributed by atoms with van der Waals surface area (Å²) in [4.78, 5) is 16.7. The number of carbonyl (C=O) groups is 1. The average molecular weight is 528 g/mol. The molecule has 0 unspecified atom stereocenters. The molecule has 0 bridgehead atoms. The second kappa shape index (κ2) is 10.2. The molecule has 12 heteroatoms. The van der Waals surface area contributed by atoms with Gasteiger partial charge in [0.1, 0.15) is 5.82 Å². The molecule has 1 amide bonds. The minimum atomic E-state index is -5.06. The molecule has 2 heterocycles. The number of alkyl halides is 6. The predicted octanol–water partition coefficient (Wildman–Crippen LogP) is 5.17. The average Bonchev–Trinajstić information content (AvgIpc) is 3.23. The van der Waals surface area contributed by atoms with Crippen LogP contribution in [0.15, 0.2) is 54.9 Å². The van der Waals surface area contributed by atoms with Crippen molar-refractivity contribution in [2.45, 2.75) is 31.4 Å². The van der Waals surface area contributed by atoms with Crippen molar-refractivity contribution in [3.05, 3.63) is 88.5 Å². The Bertz CT molecular complexity index is 1220. The van der Waals surface area contributed by atoms with Crippen molar-refractivity contribution in [2.24, 2.45) is 7.05 Å². The quantitative estimate of drug-likeness (QED) is 0.430. The van der Waals surface area contributed by atoms with Crippen LogP contribution in [0.5, 0.6) is 0 Å². The van der Waals surface area contributed by atoms with E-state index in [1.807, 2.05) is 11.1 Å². The highest BCUT2D eigenvalue weighted by atomic mass is 19.4. The molecule has 0 N–H and O–H groups in total. The molecule has 1 aliphatic rings. The molecule has 4 rings (SSSR count). The number of rotatable bonds is 5. The lowest BCUT2D eigenvalue weighted by molar-refractivity contribution is -0.143. The highest BCUT2D eigenvalue weighted by Crippen LogP contribution is 2.37. The molecule has 1 aromatic heterocycles. The fourth-order valence-corrected chi connectivity index (χ4v) is 4.45. The molecule has 0 radical (unpaired) electrons. The molecule has 2 aromatic carbocycles. The number of hydrogen-bond acceptors (Lipinski definition) is 3. The van der Waals surface area contributed by atoms with Crippen LogP contribution in [-0.4, -0.2) is 51.2 Å². The molecule has 198 valence electrons. The van der Waals surface area contributed by atoms with Gasteiger partial charge in [0.15, 0.2) is 0 Å². The zero-order valence-corrected chi connectivity index (χ0v) is 19.7. The van der Waals surface area contributed by atoms with Crippen molar-refractivity contribution in [3.63, 3.8) is 0 Å². The summed E-state index contributed by atoms with van der Waals surface area (Å²) in [6, 6.07) is 5.89. The van der Waals surface area contributed by atoms with E-state index < -0.39 is 46.8 Å². The van der Waals surface area contributed by atoms with Gasteiger partial charge in [-0.1, -0.05) is 12.1 Å². The van der Waals surface area contributed by atoms with Crippen molar-refractivity contribution in [2.75, 3.05) is 19.6 Å². The summed E-state index contributed by atoms with van der Waals surface area (Å²) < 4.78 is 95.2. The van der Waals surface area contributed by atoms with Crippen molar-refractivity contribution in [1.82, 2.24) is 19.6 Å². The summed E-state index contributed by atoms with van der Waals surface area (Å²) in [5.74, 6) is -1.38. The van der Waals surface area contributed by atoms with E-state index in [4.69, 9.17) is 0 Å². The number of halogens is 7. The van der Waals surface area contributed by atoms with Gasteiger partial charge < -0.3 is 4.90 Å². The Balaban J connectivity index is 1.65. The summed E-state index contributed by atoms with van der Waals surface area (Å²) in [7, 11) is 1.77. The van der Waals surface area contributed by atoms with Crippen LogP contribution < -0.4 is 0 Å². The third-order valence-corrected chi connectivity index (χ3v) is 6.21. The maximum absolute atomic E-state index is 13.4. The fraction of sp³-hybridized carbons (Fsp3) is 0.360. The topological polar surface area (TPSA) is 41.4 Å².